The van der Waals surface area contributed by atoms with Crippen molar-refractivity contribution in [1.82, 2.24) is 14.4 Å². The Bertz CT molecular complexity index is 1050. The minimum atomic E-state index is -3.42. The fourth-order valence-electron chi connectivity index (χ4n) is 3.41. The average molecular weight is 383 g/mol. The van der Waals surface area contributed by atoms with Crippen LogP contribution in [0.25, 0.3) is 22.8 Å². The second-order valence-electron chi connectivity index (χ2n) is 6.94. The summed E-state index contributed by atoms with van der Waals surface area (Å²) in [7, 11) is -3.42. The van der Waals surface area contributed by atoms with E-state index in [-0.39, 0.29) is 0 Å². The van der Waals surface area contributed by atoms with Gasteiger partial charge in [-0.1, -0.05) is 22.3 Å². The Kier molecular flexibility index (Phi) is 4.57. The molecule has 0 saturated carbocycles. The maximum atomic E-state index is 12.6. The Labute approximate surface area is 158 Å². The third-order valence-corrected chi connectivity index (χ3v) is 6.62. The third kappa shape index (κ3) is 3.52. The second-order valence-corrected chi connectivity index (χ2v) is 8.87. The molecule has 4 rings (SSSR count). The lowest BCUT2D eigenvalue weighted by atomic mass is 10.1. The van der Waals surface area contributed by atoms with Crippen LogP contribution in [0.1, 0.15) is 24.0 Å². The van der Waals surface area contributed by atoms with Gasteiger partial charge in [-0.15, -0.1) is 0 Å². The standard InChI is InChI=1S/C20H21N3O3S/c1-14-11-15(2)13-17(12-14)20-21-19(22-26-20)16-5-7-18(8-6-16)27(24,25)23-9-3-4-10-23/h5-8,11-13H,3-4,9-10H2,1-2H3. The van der Waals surface area contributed by atoms with Crippen molar-refractivity contribution >= 4 is 10.0 Å². The summed E-state index contributed by atoms with van der Waals surface area (Å²) >= 11 is 0. The normalized spacial score (nSPS) is 15.3. The van der Waals surface area contributed by atoms with Gasteiger partial charge in [0.05, 0.1) is 4.90 Å². The van der Waals surface area contributed by atoms with Gasteiger partial charge in [0.2, 0.25) is 15.8 Å². The Balaban J connectivity index is 1.60. The highest BCUT2D eigenvalue weighted by Crippen LogP contribution is 2.26. The van der Waals surface area contributed by atoms with Gasteiger partial charge in [0, 0.05) is 24.2 Å². The second kappa shape index (κ2) is 6.90. The average Bonchev–Trinajstić information content (AvgIpc) is 3.33. The molecule has 7 heteroatoms. The summed E-state index contributed by atoms with van der Waals surface area (Å²) in [5.74, 6) is 0.889. The molecule has 0 aliphatic carbocycles. The maximum absolute atomic E-state index is 12.6. The van der Waals surface area contributed by atoms with Crippen molar-refractivity contribution in [2.75, 3.05) is 13.1 Å². The van der Waals surface area contributed by atoms with Crippen LogP contribution in [0, 0.1) is 13.8 Å². The SMILES string of the molecule is Cc1cc(C)cc(-c2nc(-c3ccc(S(=O)(=O)N4CCCC4)cc3)no2)c1. The topological polar surface area (TPSA) is 76.3 Å². The van der Waals surface area contributed by atoms with E-state index in [1.54, 1.807) is 24.3 Å². The van der Waals surface area contributed by atoms with Gasteiger partial charge >= 0.3 is 0 Å². The summed E-state index contributed by atoms with van der Waals surface area (Å²) in [6, 6.07) is 12.7. The molecule has 0 spiro atoms. The van der Waals surface area contributed by atoms with E-state index < -0.39 is 10.0 Å². The number of benzene rings is 2. The predicted molar refractivity (Wildman–Crippen MR) is 103 cm³/mol. The summed E-state index contributed by atoms with van der Waals surface area (Å²) < 4.78 is 32.2. The summed E-state index contributed by atoms with van der Waals surface area (Å²) in [5, 5.41) is 4.05. The van der Waals surface area contributed by atoms with Crippen molar-refractivity contribution in [2.24, 2.45) is 0 Å². The lowest BCUT2D eigenvalue weighted by molar-refractivity contribution is 0.432. The maximum Gasteiger partial charge on any atom is 0.258 e. The zero-order valence-electron chi connectivity index (χ0n) is 15.3. The zero-order chi connectivity index (χ0) is 19.0. The highest BCUT2D eigenvalue weighted by Gasteiger charge is 2.27. The van der Waals surface area contributed by atoms with Gasteiger partial charge in [-0.2, -0.15) is 9.29 Å². The summed E-state index contributed by atoms with van der Waals surface area (Å²) in [6.07, 6.45) is 1.84. The molecule has 2 aromatic carbocycles. The number of hydrogen-bond acceptors (Lipinski definition) is 5. The molecular weight excluding hydrogens is 362 g/mol. The summed E-state index contributed by atoms with van der Waals surface area (Å²) in [6.45, 7) is 5.23. The number of aromatic nitrogens is 2. The molecule has 1 saturated heterocycles. The van der Waals surface area contributed by atoms with Crippen LogP contribution >= 0.6 is 0 Å². The number of hydrogen-bond donors (Lipinski definition) is 0. The smallest absolute Gasteiger partial charge is 0.258 e. The number of rotatable bonds is 4. The van der Waals surface area contributed by atoms with E-state index >= 15 is 0 Å². The fourth-order valence-corrected chi connectivity index (χ4v) is 4.93. The molecule has 2 heterocycles. The summed E-state index contributed by atoms with van der Waals surface area (Å²) in [4.78, 5) is 4.76. The molecule has 27 heavy (non-hydrogen) atoms. The van der Waals surface area contributed by atoms with Gasteiger partial charge in [-0.3, -0.25) is 0 Å². The molecule has 1 aliphatic heterocycles. The van der Waals surface area contributed by atoms with E-state index in [0.29, 0.717) is 29.7 Å². The third-order valence-electron chi connectivity index (χ3n) is 4.71. The number of aryl methyl sites for hydroxylation is 2. The van der Waals surface area contributed by atoms with Gasteiger partial charge in [0.15, 0.2) is 0 Å². The predicted octanol–water partition coefficient (Wildman–Crippen LogP) is 3.80. The first-order chi connectivity index (χ1) is 12.9. The van der Waals surface area contributed by atoms with E-state index in [2.05, 4.69) is 16.2 Å². The summed E-state index contributed by atoms with van der Waals surface area (Å²) in [5.41, 5.74) is 3.84. The van der Waals surface area contributed by atoms with Crippen LogP contribution in [-0.2, 0) is 10.0 Å². The van der Waals surface area contributed by atoms with E-state index in [0.717, 1.165) is 35.1 Å². The van der Waals surface area contributed by atoms with E-state index in [9.17, 15) is 8.42 Å². The minimum Gasteiger partial charge on any atom is -0.334 e. The first-order valence-corrected chi connectivity index (χ1v) is 10.4. The van der Waals surface area contributed by atoms with Crippen LogP contribution in [-0.4, -0.2) is 36.0 Å². The van der Waals surface area contributed by atoms with Crippen molar-refractivity contribution in [1.29, 1.82) is 0 Å². The van der Waals surface area contributed by atoms with Crippen LogP contribution in [0.3, 0.4) is 0 Å². The number of sulfonamides is 1. The molecule has 1 fully saturated rings. The lowest BCUT2D eigenvalue weighted by Gasteiger charge is -2.15. The van der Waals surface area contributed by atoms with Crippen LogP contribution < -0.4 is 0 Å². The van der Waals surface area contributed by atoms with Crippen molar-refractivity contribution in [2.45, 2.75) is 31.6 Å². The Morgan fingerprint density at radius 3 is 2.19 bits per heavy atom. The molecule has 6 nitrogen and oxygen atoms in total. The molecule has 140 valence electrons. The van der Waals surface area contributed by atoms with Gasteiger partial charge in [0.1, 0.15) is 0 Å². The van der Waals surface area contributed by atoms with Gasteiger partial charge in [-0.05, 0) is 63.1 Å². The minimum absolute atomic E-state index is 0.297. The molecule has 0 N–H and O–H groups in total. The van der Waals surface area contributed by atoms with Crippen molar-refractivity contribution in [3.05, 3.63) is 53.6 Å². The molecule has 1 aromatic heterocycles. The monoisotopic (exact) mass is 383 g/mol. The Morgan fingerprint density at radius 2 is 1.56 bits per heavy atom. The molecule has 0 radical (unpaired) electrons. The van der Waals surface area contributed by atoms with E-state index in [1.165, 1.54) is 4.31 Å². The van der Waals surface area contributed by atoms with Crippen molar-refractivity contribution < 1.29 is 12.9 Å². The van der Waals surface area contributed by atoms with E-state index in [1.807, 2.05) is 26.0 Å². The first-order valence-electron chi connectivity index (χ1n) is 8.96. The Hall–Kier alpha value is -2.51. The quantitative estimate of drug-likeness (QED) is 0.685. The van der Waals surface area contributed by atoms with Crippen molar-refractivity contribution in [3.8, 4) is 22.8 Å². The molecule has 0 unspecified atom stereocenters. The fraction of sp³-hybridized carbons (Fsp3) is 0.300. The molecular formula is C20H21N3O3S. The molecule has 0 bridgehead atoms. The van der Waals surface area contributed by atoms with Crippen LogP contribution in [0.4, 0.5) is 0 Å². The van der Waals surface area contributed by atoms with Gasteiger partial charge in [0.25, 0.3) is 5.89 Å². The lowest BCUT2D eigenvalue weighted by Crippen LogP contribution is -2.27. The molecule has 1 aliphatic rings. The van der Waals surface area contributed by atoms with Crippen LogP contribution in [0.2, 0.25) is 0 Å². The number of nitrogens with zero attached hydrogens (tertiary/aromatic N) is 3. The first kappa shape index (κ1) is 17.9. The highest BCUT2D eigenvalue weighted by molar-refractivity contribution is 7.89. The van der Waals surface area contributed by atoms with Crippen molar-refractivity contribution in [3.63, 3.8) is 0 Å². The zero-order valence-corrected chi connectivity index (χ0v) is 16.2. The largest absolute Gasteiger partial charge is 0.334 e. The van der Waals surface area contributed by atoms with Crippen LogP contribution in [0.5, 0.6) is 0 Å². The molecule has 0 atom stereocenters. The van der Waals surface area contributed by atoms with Gasteiger partial charge < -0.3 is 4.52 Å². The molecule has 3 aromatic rings. The Morgan fingerprint density at radius 1 is 0.926 bits per heavy atom. The van der Waals surface area contributed by atoms with Gasteiger partial charge in [-0.25, -0.2) is 8.42 Å². The molecule has 0 amide bonds. The van der Waals surface area contributed by atoms with Crippen LogP contribution in [0.15, 0.2) is 51.9 Å². The van der Waals surface area contributed by atoms with E-state index in [4.69, 9.17) is 4.52 Å². The highest BCUT2D eigenvalue weighted by atomic mass is 32.2.